The van der Waals surface area contributed by atoms with Gasteiger partial charge in [0.05, 0.1) is 12.1 Å². The molecular weight excluding hydrogens is 286 g/mol. The quantitative estimate of drug-likeness (QED) is 0.877. The fourth-order valence-corrected chi connectivity index (χ4v) is 2.35. The van der Waals surface area contributed by atoms with E-state index in [0.717, 1.165) is 11.3 Å². The normalized spacial score (nSPS) is 12.1. The lowest BCUT2D eigenvalue weighted by Crippen LogP contribution is -2.26. The maximum atomic E-state index is 12.4. The Hall–Kier alpha value is -2.29. The van der Waals surface area contributed by atoms with Crippen LogP contribution < -0.4 is 10.1 Å². The molecule has 0 bridgehead atoms. The van der Waals surface area contributed by atoms with E-state index in [-0.39, 0.29) is 18.1 Å². The van der Waals surface area contributed by atoms with Gasteiger partial charge in [-0.2, -0.15) is 0 Å². The van der Waals surface area contributed by atoms with E-state index in [1.165, 1.54) is 11.1 Å². The van der Waals surface area contributed by atoms with Crippen LogP contribution in [0.1, 0.15) is 53.9 Å². The summed E-state index contributed by atoms with van der Waals surface area (Å²) < 4.78 is 5.59. The van der Waals surface area contributed by atoms with E-state index >= 15 is 0 Å². The molecule has 23 heavy (non-hydrogen) atoms. The van der Waals surface area contributed by atoms with Crippen LogP contribution in [0.2, 0.25) is 0 Å². The van der Waals surface area contributed by atoms with E-state index in [2.05, 4.69) is 37.4 Å². The molecular formula is C20H25NO2. The summed E-state index contributed by atoms with van der Waals surface area (Å²) in [7, 11) is 0. The van der Waals surface area contributed by atoms with Crippen molar-refractivity contribution in [3.05, 3.63) is 64.7 Å². The molecule has 0 aliphatic rings. The molecule has 0 aliphatic carbocycles. The molecule has 0 heterocycles. The van der Waals surface area contributed by atoms with Gasteiger partial charge in [-0.15, -0.1) is 0 Å². The minimum Gasteiger partial charge on any atom is -0.491 e. The summed E-state index contributed by atoms with van der Waals surface area (Å²) in [4.78, 5) is 12.4. The van der Waals surface area contributed by atoms with Crippen molar-refractivity contribution in [3.8, 4) is 5.75 Å². The molecule has 0 radical (unpaired) electrons. The van der Waals surface area contributed by atoms with E-state index in [9.17, 15) is 4.79 Å². The summed E-state index contributed by atoms with van der Waals surface area (Å²) in [6, 6.07) is 13.5. The lowest BCUT2D eigenvalue weighted by molar-refractivity contribution is 0.0940. The number of nitrogens with one attached hydrogen (secondary N) is 1. The first-order valence-electron chi connectivity index (χ1n) is 8.01. The third-order valence-corrected chi connectivity index (χ3v) is 3.87. The predicted molar refractivity (Wildman–Crippen MR) is 94.0 cm³/mol. The molecule has 0 spiro atoms. The van der Waals surface area contributed by atoms with Crippen molar-refractivity contribution in [1.82, 2.24) is 5.32 Å². The zero-order valence-corrected chi connectivity index (χ0v) is 14.5. The van der Waals surface area contributed by atoms with Crippen molar-refractivity contribution in [2.75, 3.05) is 0 Å². The average molecular weight is 311 g/mol. The highest BCUT2D eigenvalue weighted by molar-refractivity contribution is 5.94. The monoisotopic (exact) mass is 311 g/mol. The summed E-state index contributed by atoms with van der Waals surface area (Å²) in [5.41, 5.74) is 4.24. The van der Waals surface area contributed by atoms with Crippen molar-refractivity contribution in [2.45, 2.75) is 46.8 Å². The Kier molecular flexibility index (Phi) is 5.43. The third kappa shape index (κ3) is 4.59. The maximum Gasteiger partial charge on any atom is 0.251 e. The van der Waals surface area contributed by atoms with E-state index in [0.29, 0.717) is 5.56 Å². The smallest absolute Gasteiger partial charge is 0.251 e. The number of benzene rings is 2. The van der Waals surface area contributed by atoms with Crippen LogP contribution in [-0.4, -0.2) is 12.0 Å². The van der Waals surface area contributed by atoms with Gasteiger partial charge in [-0.05, 0) is 75.6 Å². The minimum absolute atomic E-state index is 0.0339. The SMILES string of the molecule is Cc1ccc(C(C)NC(=O)c2ccc(OC(C)C)cc2)cc1C. The Morgan fingerprint density at radius 2 is 1.61 bits per heavy atom. The molecule has 2 aromatic rings. The molecule has 2 aromatic carbocycles. The number of aryl methyl sites for hydroxylation is 2. The third-order valence-electron chi connectivity index (χ3n) is 3.87. The number of ether oxygens (including phenoxy) is 1. The zero-order chi connectivity index (χ0) is 17.0. The predicted octanol–water partition coefficient (Wildman–Crippen LogP) is 4.58. The summed E-state index contributed by atoms with van der Waals surface area (Å²) in [6.45, 7) is 10.1. The van der Waals surface area contributed by atoms with Crippen LogP contribution in [0, 0.1) is 13.8 Å². The summed E-state index contributed by atoms with van der Waals surface area (Å²) in [6.07, 6.45) is 0.125. The van der Waals surface area contributed by atoms with Crippen LogP contribution in [0.25, 0.3) is 0 Å². The first-order valence-corrected chi connectivity index (χ1v) is 8.01. The minimum atomic E-state index is -0.0770. The molecule has 1 unspecified atom stereocenters. The highest BCUT2D eigenvalue weighted by Gasteiger charge is 2.12. The molecule has 0 saturated heterocycles. The van der Waals surface area contributed by atoms with Gasteiger partial charge >= 0.3 is 0 Å². The van der Waals surface area contributed by atoms with Crippen LogP contribution in [0.15, 0.2) is 42.5 Å². The molecule has 1 atom stereocenters. The van der Waals surface area contributed by atoms with Crippen LogP contribution in [0.4, 0.5) is 0 Å². The summed E-state index contributed by atoms with van der Waals surface area (Å²) in [5, 5.41) is 3.04. The number of carbonyl (C=O) groups excluding carboxylic acids is 1. The molecule has 0 saturated carbocycles. The van der Waals surface area contributed by atoms with Gasteiger partial charge in [0.2, 0.25) is 0 Å². The fraction of sp³-hybridized carbons (Fsp3) is 0.350. The standard InChI is InChI=1S/C20H25NO2/c1-13(2)23-19-10-8-17(9-11-19)20(22)21-16(5)18-7-6-14(3)15(4)12-18/h6-13,16H,1-5H3,(H,21,22). The highest BCUT2D eigenvalue weighted by Crippen LogP contribution is 2.18. The Bertz CT molecular complexity index is 675. The number of hydrogen-bond acceptors (Lipinski definition) is 2. The molecule has 0 fully saturated rings. The van der Waals surface area contributed by atoms with Crippen molar-refractivity contribution < 1.29 is 9.53 Å². The second-order valence-electron chi connectivity index (χ2n) is 6.23. The van der Waals surface area contributed by atoms with Crippen LogP contribution >= 0.6 is 0 Å². The molecule has 0 aromatic heterocycles. The van der Waals surface area contributed by atoms with Crippen LogP contribution in [-0.2, 0) is 0 Å². The number of amides is 1. The Morgan fingerprint density at radius 1 is 0.957 bits per heavy atom. The molecule has 122 valence electrons. The zero-order valence-electron chi connectivity index (χ0n) is 14.5. The Labute approximate surface area is 138 Å². The molecule has 1 amide bonds. The van der Waals surface area contributed by atoms with Gasteiger partial charge in [0.25, 0.3) is 5.91 Å². The number of rotatable bonds is 5. The van der Waals surface area contributed by atoms with Crippen molar-refractivity contribution >= 4 is 5.91 Å². The summed E-state index contributed by atoms with van der Waals surface area (Å²) in [5.74, 6) is 0.700. The van der Waals surface area contributed by atoms with Crippen molar-refractivity contribution in [1.29, 1.82) is 0 Å². The molecule has 2 rings (SSSR count). The van der Waals surface area contributed by atoms with Gasteiger partial charge in [-0.3, -0.25) is 4.79 Å². The van der Waals surface area contributed by atoms with E-state index in [4.69, 9.17) is 4.74 Å². The second-order valence-corrected chi connectivity index (χ2v) is 6.23. The van der Waals surface area contributed by atoms with Gasteiger partial charge in [-0.1, -0.05) is 18.2 Å². The van der Waals surface area contributed by atoms with Crippen LogP contribution in [0.3, 0.4) is 0 Å². The molecule has 1 N–H and O–H groups in total. The molecule has 3 heteroatoms. The van der Waals surface area contributed by atoms with E-state index in [1.807, 2.05) is 32.9 Å². The average Bonchev–Trinajstić information content (AvgIpc) is 2.50. The molecule has 0 aliphatic heterocycles. The fourth-order valence-electron chi connectivity index (χ4n) is 2.35. The van der Waals surface area contributed by atoms with Gasteiger partial charge < -0.3 is 10.1 Å². The topological polar surface area (TPSA) is 38.3 Å². The van der Waals surface area contributed by atoms with E-state index < -0.39 is 0 Å². The van der Waals surface area contributed by atoms with Gasteiger partial charge in [0, 0.05) is 5.56 Å². The highest BCUT2D eigenvalue weighted by atomic mass is 16.5. The van der Waals surface area contributed by atoms with Gasteiger partial charge in [-0.25, -0.2) is 0 Å². The first-order chi connectivity index (χ1) is 10.9. The second kappa shape index (κ2) is 7.32. The first kappa shape index (κ1) is 17.1. The summed E-state index contributed by atoms with van der Waals surface area (Å²) >= 11 is 0. The lowest BCUT2D eigenvalue weighted by atomic mass is 10.0. The van der Waals surface area contributed by atoms with Gasteiger partial charge in [0.15, 0.2) is 0 Å². The van der Waals surface area contributed by atoms with Crippen molar-refractivity contribution in [2.24, 2.45) is 0 Å². The maximum absolute atomic E-state index is 12.4. The van der Waals surface area contributed by atoms with E-state index in [1.54, 1.807) is 12.1 Å². The van der Waals surface area contributed by atoms with Crippen LogP contribution in [0.5, 0.6) is 5.75 Å². The Morgan fingerprint density at radius 3 is 2.17 bits per heavy atom. The Balaban J connectivity index is 2.04. The lowest BCUT2D eigenvalue weighted by Gasteiger charge is -2.16. The van der Waals surface area contributed by atoms with Gasteiger partial charge in [0.1, 0.15) is 5.75 Å². The number of hydrogen-bond donors (Lipinski definition) is 1. The molecule has 3 nitrogen and oxygen atoms in total. The largest absolute Gasteiger partial charge is 0.491 e. The van der Waals surface area contributed by atoms with Crippen molar-refractivity contribution in [3.63, 3.8) is 0 Å². The number of carbonyl (C=O) groups is 1.